The van der Waals surface area contributed by atoms with E-state index >= 15 is 0 Å². The van der Waals surface area contributed by atoms with Gasteiger partial charge in [-0.25, -0.2) is 23.1 Å². The largest absolute Gasteiger partial charge is 0.248 e. The number of unbranched alkanes of at least 4 members (excludes halogenated alkanes) is 7. The van der Waals surface area contributed by atoms with Gasteiger partial charge >= 0.3 is 0 Å². The lowest BCUT2D eigenvalue weighted by atomic mass is 10.0. The summed E-state index contributed by atoms with van der Waals surface area (Å²) in [6.07, 6.45) is 14.0. The quantitative estimate of drug-likeness (QED) is 0.292. The van der Waals surface area contributed by atoms with Crippen LogP contribution in [0.3, 0.4) is 0 Å². The number of hydrogen-bond donors (Lipinski definition) is 0. The monoisotopic (exact) mass is 420 g/mol. The summed E-state index contributed by atoms with van der Waals surface area (Å²) in [6, 6.07) is 3.24. The third-order valence-electron chi connectivity index (χ3n) is 5.48. The number of aromatic nitrogens is 2. The molecule has 0 fully saturated rings. The van der Waals surface area contributed by atoms with Crippen molar-refractivity contribution in [2.75, 3.05) is 0 Å². The molecule has 2 rings (SSSR count). The highest BCUT2D eigenvalue weighted by molar-refractivity contribution is 5.56. The van der Waals surface area contributed by atoms with E-state index in [0.29, 0.717) is 18.4 Å². The topological polar surface area (TPSA) is 25.8 Å². The molecule has 0 amide bonds. The molecule has 0 saturated carbocycles. The van der Waals surface area contributed by atoms with E-state index in [1.807, 2.05) is 0 Å². The van der Waals surface area contributed by atoms with E-state index in [0.717, 1.165) is 50.5 Å². The Hall–Kier alpha value is -1.91. The molecule has 0 saturated heterocycles. The maximum atomic E-state index is 14.6. The van der Waals surface area contributed by atoms with Crippen LogP contribution in [-0.4, -0.2) is 16.1 Å². The third-order valence-corrected chi connectivity index (χ3v) is 5.48. The maximum absolute atomic E-state index is 14.6. The predicted molar refractivity (Wildman–Crippen MR) is 117 cm³/mol. The lowest BCUT2D eigenvalue weighted by Crippen LogP contribution is -2.00. The number of alkyl halides is 1. The van der Waals surface area contributed by atoms with Crippen LogP contribution in [0, 0.1) is 11.6 Å². The van der Waals surface area contributed by atoms with Crippen LogP contribution >= 0.6 is 0 Å². The molecule has 166 valence electrons. The lowest BCUT2D eigenvalue weighted by molar-refractivity contribution is 0.330. The van der Waals surface area contributed by atoms with Crippen LogP contribution in [-0.2, 0) is 12.8 Å². The highest BCUT2D eigenvalue weighted by Crippen LogP contribution is 2.25. The first-order valence-electron chi connectivity index (χ1n) is 11.4. The number of halogens is 3. The second kappa shape index (κ2) is 13.4. The van der Waals surface area contributed by atoms with Gasteiger partial charge in [-0.15, -0.1) is 0 Å². The predicted octanol–water partition coefficient (Wildman–Crippen LogP) is 7.79. The van der Waals surface area contributed by atoms with Crippen molar-refractivity contribution >= 4 is 0 Å². The van der Waals surface area contributed by atoms with Crippen molar-refractivity contribution in [3.05, 3.63) is 47.3 Å². The van der Waals surface area contributed by atoms with Crippen LogP contribution in [0.15, 0.2) is 24.5 Å². The van der Waals surface area contributed by atoms with Crippen LogP contribution in [0.4, 0.5) is 13.2 Å². The summed E-state index contributed by atoms with van der Waals surface area (Å²) >= 11 is 0. The first-order valence-corrected chi connectivity index (χ1v) is 11.4. The minimum Gasteiger partial charge on any atom is -0.248 e. The summed E-state index contributed by atoms with van der Waals surface area (Å²) in [4.78, 5) is 8.47. The van der Waals surface area contributed by atoms with E-state index in [9.17, 15) is 13.2 Å². The fourth-order valence-corrected chi connectivity index (χ4v) is 3.61. The Morgan fingerprint density at radius 1 is 0.800 bits per heavy atom. The standard InChI is InChI=1S/C25H35F3N2/c1-3-4-5-6-7-11-14-21-15-16-22(24(28)23(21)27)25-29-17-20(18-30-25)13-10-8-9-12-19(2)26/h15-19H,3-14H2,1-2H3. The molecule has 0 aliphatic heterocycles. The van der Waals surface area contributed by atoms with Gasteiger partial charge in [0, 0.05) is 12.4 Å². The molecular weight excluding hydrogens is 385 g/mol. The number of rotatable bonds is 14. The number of nitrogens with zero attached hydrogens (tertiary/aromatic N) is 2. The zero-order valence-electron chi connectivity index (χ0n) is 18.4. The van der Waals surface area contributed by atoms with Crippen molar-refractivity contribution in [1.82, 2.24) is 9.97 Å². The van der Waals surface area contributed by atoms with Crippen molar-refractivity contribution in [2.45, 2.75) is 97.1 Å². The van der Waals surface area contributed by atoms with Crippen molar-refractivity contribution in [3.8, 4) is 11.4 Å². The van der Waals surface area contributed by atoms with Crippen LogP contribution in [0.1, 0.15) is 89.2 Å². The van der Waals surface area contributed by atoms with E-state index in [4.69, 9.17) is 0 Å². The molecule has 0 radical (unpaired) electrons. The van der Waals surface area contributed by atoms with Crippen molar-refractivity contribution in [1.29, 1.82) is 0 Å². The molecule has 2 nitrogen and oxygen atoms in total. The van der Waals surface area contributed by atoms with E-state index in [1.165, 1.54) is 19.3 Å². The molecule has 5 heteroatoms. The van der Waals surface area contributed by atoms with Crippen molar-refractivity contribution in [2.24, 2.45) is 0 Å². The molecular formula is C25H35F3N2. The van der Waals surface area contributed by atoms with Gasteiger partial charge in [0.1, 0.15) is 0 Å². The highest BCUT2D eigenvalue weighted by Gasteiger charge is 2.16. The average Bonchev–Trinajstić information content (AvgIpc) is 2.74. The van der Waals surface area contributed by atoms with Gasteiger partial charge < -0.3 is 0 Å². The zero-order chi connectivity index (χ0) is 21.8. The fraction of sp³-hybridized carbons (Fsp3) is 0.600. The Morgan fingerprint density at radius 2 is 1.43 bits per heavy atom. The summed E-state index contributed by atoms with van der Waals surface area (Å²) in [5, 5.41) is 0. The molecule has 30 heavy (non-hydrogen) atoms. The van der Waals surface area contributed by atoms with Gasteiger partial charge in [0.2, 0.25) is 0 Å². The van der Waals surface area contributed by atoms with Gasteiger partial charge in [-0.2, -0.15) is 0 Å². The summed E-state index contributed by atoms with van der Waals surface area (Å²) < 4.78 is 41.9. The second-order valence-electron chi connectivity index (χ2n) is 8.21. The molecule has 1 aromatic heterocycles. The fourth-order valence-electron chi connectivity index (χ4n) is 3.61. The average molecular weight is 421 g/mol. The lowest BCUT2D eigenvalue weighted by Gasteiger charge is -2.09. The number of hydrogen-bond acceptors (Lipinski definition) is 2. The van der Waals surface area contributed by atoms with Crippen LogP contribution in [0.2, 0.25) is 0 Å². The molecule has 1 atom stereocenters. The third kappa shape index (κ3) is 8.08. The van der Waals surface area contributed by atoms with Gasteiger partial charge in [-0.3, -0.25) is 0 Å². The zero-order valence-corrected chi connectivity index (χ0v) is 18.4. The Labute approximate surface area is 179 Å². The molecule has 0 N–H and O–H groups in total. The van der Waals surface area contributed by atoms with E-state index < -0.39 is 17.8 Å². The van der Waals surface area contributed by atoms with Gasteiger partial charge in [-0.05, 0) is 56.2 Å². The van der Waals surface area contributed by atoms with Crippen LogP contribution in [0.5, 0.6) is 0 Å². The molecule has 0 spiro atoms. The Morgan fingerprint density at radius 3 is 2.13 bits per heavy atom. The Balaban J connectivity index is 1.88. The smallest absolute Gasteiger partial charge is 0.170 e. The molecule has 0 bridgehead atoms. The maximum Gasteiger partial charge on any atom is 0.170 e. The van der Waals surface area contributed by atoms with Crippen LogP contribution in [0.25, 0.3) is 11.4 Å². The van der Waals surface area contributed by atoms with Gasteiger partial charge in [-0.1, -0.05) is 57.9 Å². The molecule has 0 aliphatic rings. The van der Waals surface area contributed by atoms with Gasteiger partial charge in [0.05, 0.1) is 11.7 Å². The first-order chi connectivity index (χ1) is 14.5. The Bertz CT molecular complexity index is 745. The minimum absolute atomic E-state index is 0.0997. The minimum atomic E-state index is -0.869. The van der Waals surface area contributed by atoms with E-state index in [2.05, 4.69) is 16.9 Å². The van der Waals surface area contributed by atoms with Crippen LogP contribution < -0.4 is 0 Å². The summed E-state index contributed by atoms with van der Waals surface area (Å²) in [7, 11) is 0. The summed E-state index contributed by atoms with van der Waals surface area (Å²) in [6.45, 7) is 3.75. The molecule has 1 aromatic carbocycles. The van der Waals surface area contributed by atoms with Gasteiger partial charge in [0.15, 0.2) is 17.5 Å². The van der Waals surface area contributed by atoms with E-state index in [-0.39, 0.29) is 11.4 Å². The first kappa shape index (κ1) is 24.4. The molecule has 0 aliphatic carbocycles. The highest BCUT2D eigenvalue weighted by atomic mass is 19.2. The SMILES string of the molecule is CCCCCCCCc1ccc(-c2ncc(CCCCCC(C)F)cn2)c(F)c1F. The van der Waals surface area contributed by atoms with E-state index in [1.54, 1.807) is 31.5 Å². The number of aryl methyl sites for hydroxylation is 2. The van der Waals surface area contributed by atoms with Crippen molar-refractivity contribution in [3.63, 3.8) is 0 Å². The normalized spacial score (nSPS) is 12.3. The molecule has 1 heterocycles. The van der Waals surface area contributed by atoms with Gasteiger partial charge in [0.25, 0.3) is 0 Å². The Kier molecular flexibility index (Phi) is 10.9. The molecule has 2 aromatic rings. The summed E-state index contributed by atoms with van der Waals surface area (Å²) in [5.41, 5.74) is 1.47. The molecule has 1 unspecified atom stereocenters. The second-order valence-corrected chi connectivity index (χ2v) is 8.21. The number of benzene rings is 1. The summed E-state index contributed by atoms with van der Waals surface area (Å²) in [5.74, 6) is -1.45. The van der Waals surface area contributed by atoms with Crippen molar-refractivity contribution < 1.29 is 13.2 Å².